The summed E-state index contributed by atoms with van der Waals surface area (Å²) in [4.78, 5) is 29.7. The van der Waals surface area contributed by atoms with Crippen LogP contribution in [0.4, 0.5) is 0 Å². The number of nitrogens with zero attached hydrogens (tertiary/aromatic N) is 5. The van der Waals surface area contributed by atoms with Crippen LogP contribution in [0.1, 0.15) is 124 Å². The van der Waals surface area contributed by atoms with E-state index in [2.05, 4.69) is 74.8 Å². The second-order valence-electron chi connectivity index (χ2n) is 18.1. The van der Waals surface area contributed by atoms with E-state index in [0.717, 1.165) is 18.8 Å². The quantitative estimate of drug-likeness (QED) is 0.0455. The highest BCUT2D eigenvalue weighted by atomic mass is 31.2. The Labute approximate surface area is 331 Å². The van der Waals surface area contributed by atoms with Crippen LogP contribution in [0.25, 0.3) is 10.4 Å². The summed E-state index contributed by atoms with van der Waals surface area (Å²) in [6.07, 6.45) is 16.5. The smallest absolute Gasteiger partial charge is 0.352 e. The van der Waals surface area contributed by atoms with E-state index < -0.39 is 43.5 Å². The predicted molar refractivity (Wildman–Crippen MR) is 214 cm³/mol. The molecule has 14 heteroatoms. The molecule has 308 valence electrons. The highest BCUT2D eigenvalue weighted by Gasteiger charge is 2.59. The zero-order chi connectivity index (χ0) is 40.4. The van der Waals surface area contributed by atoms with Gasteiger partial charge in [-0.05, 0) is 122 Å². The molecule has 1 unspecified atom stereocenters. The monoisotopic (exact) mass is 794 g/mol. The summed E-state index contributed by atoms with van der Waals surface area (Å²) in [5, 5.41) is 13.0. The second-order valence-corrected chi connectivity index (χ2v) is 19.7. The zero-order valence-electron chi connectivity index (χ0n) is 34.4. The number of fused-ring (bicyclic) bond motifs is 5. The Morgan fingerprint density at radius 2 is 1.95 bits per heavy atom. The number of aromatic amines is 1. The summed E-state index contributed by atoms with van der Waals surface area (Å²) in [5.41, 5.74) is 10.2. The van der Waals surface area contributed by atoms with Crippen LogP contribution in [0.2, 0.25) is 0 Å². The third-order valence-electron chi connectivity index (χ3n) is 14.8. The van der Waals surface area contributed by atoms with Gasteiger partial charge in [-0.15, -0.1) is 0 Å². The van der Waals surface area contributed by atoms with Gasteiger partial charge in [-0.3, -0.25) is 27.9 Å². The highest BCUT2D eigenvalue weighted by Crippen LogP contribution is 2.68. The molecule has 1 saturated heterocycles. The van der Waals surface area contributed by atoms with Gasteiger partial charge in [0.1, 0.15) is 6.23 Å². The van der Waals surface area contributed by atoms with Crippen LogP contribution < -0.4 is 11.2 Å². The van der Waals surface area contributed by atoms with Crippen LogP contribution >= 0.6 is 7.82 Å². The maximum Gasteiger partial charge on any atom is 0.475 e. The van der Waals surface area contributed by atoms with Gasteiger partial charge in [-0.25, -0.2) is 9.36 Å². The average Bonchev–Trinajstić information content (AvgIpc) is 3.73. The van der Waals surface area contributed by atoms with Crippen molar-refractivity contribution in [2.75, 3.05) is 13.2 Å². The molecule has 0 radical (unpaired) electrons. The minimum atomic E-state index is -4.20. The molecule has 0 bridgehead atoms. The van der Waals surface area contributed by atoms with Gasteiger partial charge < -0.3 is 4.74 Å². The first-order valence-electron chi connectivity index (χ1n) is 21.0. The van der Waals surface area contributed by atoms with Crippen molar-refractivity contribution in [2.24, 2.45) is 57.4 Å². The molecule has 6 rings (SSSR count). The molecular weight excluding hydrogens is 731 g/mol. The number of phosphoric ester groups is 1. The van der Waals surface area contributed by atoms with Crippen molar-refractivity contribution in [1.82, 2.24) is 9.55 Å². The van der Waals surface area contributed by atoms with Crippen molar-refractivity contribution in [3.8, 4) is 6.07 Å². The Hall–Kier alpha value is -2.97. The van der Waals surface area contributed by atoms with Crippen LogP contribution in [0, 0.1) is 70.5 Å². The number of aryl methyl sites for hydroxylation is 1. The molecular formula is C42H63N6O7P. The molecule has 0 amide bonds. The lowest BCUT2D eigenvalue weighted by Crippen LogP contribution is -2.50. The first kappa shape index (κ1) is 42.6. The second kappa shape index (κ2) is 17.5. The Morgan fingerprint density at radius 3 is 2.66 bits per heavy atom. The molecule has 3 saturated carbocycles. The number of ether oxygens (including phenoxy) is 1. The summed E-state index contributed by atoms with van der Waals surface area (Å²) in [6, 6.07) is 1.26. The van der Waals surface area contributed by atoms with Gasteiger partial charge in [-0.1, -0.05) is 70.5 Å². The van der Waals surface area contributed by atoms with Gasteiger partial charge in [-0.2, -0.15) is 5.26 Å². The molecule has 13 nitrogen and oxygen atoms in total. The van der Waals surface area contributed by atoms with Gasteiger partial charge in [0, 0.05) is 23.1 Å². The SMILES string of the molecule is CC[C@@H](/C=C/[C@@H](C)[C@H]1CC[C@H]2[C@@H]3CC=C4C[C@@H](OP(=O)(OCCC#N)OC[C@H]5O[C@@H](n6cc(C)c(=O)[nH]c6=O)C[C@@H]5N=[N+]=[N-])CC[C@]4(C)[C@H]3CC[C@]12C)C(C)C. The number of azide groups is 1. The number of nitriles is 1. The van der Waals surface area contributed by atoms with E-state index >= 15 is 0 Å². The van der Waals surface area contributed by atoms with E-state index in [-0.39, 0.29) is 31.5 Å². The Kier molecular flexibility index (Phi) is 13.3. The lowest BCUT2D eigenvalue weighted by atomic mass is 9.47. The average molecular weight is 795 g/mol. The topological polar surface area (TPSA) is 181 Å². The largest absolute Gasteiger partial charge is 0.475 e. The summed E-state index contributed by atoms with van der Waals surface area (Å²) >= 11 is 0. The van der Waals surface area contributed by atoms with Crippen molar-refractivity contribution in [3.05, 3.63) is 66.8 Å². The molecule has 1 aromatic heterocycles. The van der Waals surface area contributed by atoms with E-state index in [1.807, 2.05) is 6.07 Å². The Morgan fingerprint density at radius 1 is 1.16 bits per heavy atom. The summed E-state index contributed by atoms with van der Waals surface area (Å²) in [6.45, 7) is 15.6. The summed E-state index contributed by atoms with van der Waals surface area (Å²) in [5.74, 6) is 4.59. The van der Waals surface area contributed by atoms with Crippen LogP contribution in [0.3, 0.4) is 0 Å². The number of rotatable bonds is 15. The van der Waals surface area contributed by atoms with E-state index in [9.17, 15) is 24.9 Å². The van der Waals surface area contributed by atoms with Crippen molar-refractivity contribution in [3.63, 3.8) is 0 Å². The first-order valence-corrected chi connectivity index (χ1v) is 22.5. The molecule has 2 heterocycles. The van der Waals surface area contributed by atoms with Gasteiger partial charge in [0.15, 0.2) is 0 Å². The van der Waals surface area contributed by atoms with Crippen molar-refractivity contribution in [2.45, 2.75) is 144 Å². The third-order valence-corrected chi connectivity index (χ3v) is 16.3. The fourth-order valence-electron chi connectivity index (χ4n) is 11.6. The van der Waals surface area contributed by atoms with Gasteiger partial charge in [0.05, 0.1) is 44.0 Å². The zero-order valence-corrected chi connectivity index (χ0v) is 35.3. The molecule has 5 aliphatic rings. The number of hydrogen-bond acceptors (Lipinski definition) is 9. The van der Waals surface area contributed by atoms with Crippen molar-refractivity contribution in [1.29, 1.82) is 5.26 Å². The third kappa shape index (κ3) is 8.58. The molecule has 1 aromatic rings. The lowest BCUT2D eigenvalue weighted by molar-refractivity contribution is -0.0567. The van der Waals surface area contributed by atoms with E-state index in [4.69, 9.17) is 18.3 Å². The number of hydrogen-bond donors (Lipinski definition) is 1. The highest BCUT2D eigenvalue weighted by molar-refractivity contribution is 7.48. The molecule has 1 aliphatic heterocycles. The molecule has 0 aromatic carbocycles. The van der Waals surface area contributed by atoms with Gasteiger partial charge in [0.2, 0.25) is 0 Å². The maximum absolute atomic E-state index is 14.3. The maximum atomic E-state index is 14.3. The summed E-state index contributed by atoms with van der Waals surface area (Å²) in [7, 11) is -4.20. The number of phosphoric acid groups is 1. The van der Waals surface area contributed by atoms with Gasteiger partial charge in [0.25, 0.3) is 5.56 Å². The Bertz CT molecular complexity index is 1900. The minimum Gasteiger partial charge on any atom is -0.352 e. The van der Waals surface area contributed by atoms with Crippen LogP contribution in [-0.2, 0) is 22.9 Å². The van der Waals surface area contributed by atoms with Gasteiger partial charge >= 0.3 is 13.5 Å². The molecule has 0 spiro atoms. The minimum absolute atomic E-state index is 0.00128. The predicted octanol–water partition coefficient (Wildman–Crippen LogP) is 9.71. The number of allylic oxidation sites excluding steroid dienone is 3. The molecule has 4 fully saturated rings. The molecule has 1 N–H and O–H groups in total. The first-order chi connectivity index (χ1) is 26.7. The van der Waals surface area contributed by atoms with Crippen LogP contribution in [0.5, 0.6) is 0 Å². The fraction of sp³-hybridized carbons (Fsp3) is 0.786. The van der Waals surface area contributed by atoms with Crippen molar-refractivity contribution < 1.29 is 22.9 Å². The molecule has 56 heavy (non-hydrogen) atoms. The standard InChI is InChI=1S/C42H63N6O7P/c1-8-29(26(2)3)11-10-27(4)33-14-15-34-32-13-12-30-22-31(16-18-41(30,6)35(32)17-19-42(33,34)7)55-56(51,52-21-9-20-43)53-25-37-36(46-47-44)23-38(54-37)48-24-28(5)39(49)45-40(48)50/h10-12,24,26-27,29,31-38H,8-9,13-19,21-23,25H2,1-7H3,(H,45,49,50)/b11-10+/t27-,29+,31+,32+,33-,34+,35+,36+,37-,38-,41+,42-,56?/m1/s1. The number of aromatic nitrogens is 2. The Balaban J connectivity index is 1.12. The van der Waals surface area contributed by atoms with Crippen LogP contribution in [-0.4, -0.2) is 41.0 Å². The molecule has 13 atom stereocenters. The van der Waals surface area contributed by atoms with Crippen molar-refractivity contribution >= 4 is 7.82 Å². The van der Waals surface area contributed by atoms with E-state index in [1.54, 1.807) is 6.92 Å². The fourth-order valence-corrected chi connectivity index (χ4v) is 13.0. The van der Waals surface area contributed by atoms with Crippen LogP contribution in [0.15, 0.2) is 44.7 Å². The normalized spacial score (nSPS) is 36.1. The lowest BCUT2D eigenvalue weighted by Gasteiger charge is -2.58. The summed E-state index contributed by atoms with van der Waals surface area (Å²) < 4.78 is 39.4. The number of nitrogens with one attached hydrogen (secondary N) is 1. The number of H-pyrrole nitrogens is 1. The van der Waals surface area contributed by atoms with E-state index in [1.165, 1.54) is 48.4 Å². The van der Waals surface area contributed by atoms with E-state index in [0.29, 0.717) is 59.3 Å². The molecule has 4 aliphatic carbocycles.